The van der Waals surface area contributed by atoms with Crippen LogP contribution in [0.1, 0.15) is 43.9 Å². The molecule has 1 aromatic heterocycles. The molecule has 1 heterocycles. The molecule has 1 fully saturated rings. The van der Waals surface area contributed by atoms with E-state index in [1.165, 1.54) is 37.8 Å². The van der Waals surface area contributed by atoms with E-state index in [2.05, 4.69) is 22.9 Å². The highest BCUT2D eigenvalue weighted by Gasteiger charge is 2.28. The van der Waals surface area contributed by atoms with Crippen LogP contribution in [0.2, 0.25) is 0 Å². The van der Waals surface area contributed by atoms with Crippen LogP contribution in [0, 0.1) is 11.3 Å². The number of hydrogen-bond acceptors (Lipinski definition) is 3. The average molecular weight is 229 g/mol. The number of pyridine rings is 1. The average Bonchev–Trinajstić information content (AvgIpc) is 3.19. The molecule has 0 aromatic carbocycles. The molecule has 0 radical (unpaired) electrons. The summed E-state index contributed by atoms with van der Waals surface area (Å²) in [4.78, 5) is 6.55. The third-order valence-electron chi connectivity index (χ3n) is 3.19. The van der Waals surface area contributed by atoms with Crippen molar-refractivity contribution in [1.82, 2.24) is 9.88 Å². The van der Waals surface area contributed by atoms with Crippen LogP contribution in [0.25, 0.3) is 0 Å². The van der Waals surface area contributed by atoms with Gasteiger partial charge in [-0.1, -0.05) is 13.3 Å². The summed E-state index contributed by atoms with van der Waals surface area (Å²) in [7, 11) is 0. The highest BCUT2D eigenvalue weighted by molar-refractivity contribution is 5.25. The van der Waals surface area contributed by atoms with Gasteiger partial charge in [0.1, 0.15) is 11.8 Å². The van der Waals surface area contributed by atoms with Crippen LogP contribution in [0.3, 0.4) is 0 Å². The van der Waals surface area contributed by atoms with Gasteiger partial charge in [-0.3, -0.25) is 4.90 Å². The lowest BCUT2D eigenvalue weighted by molar-refractivity contribution is 0.250. The minimum absolute atomic E-state index is 0.522. The molecule has 0 spiro atoms. The van der Waals surface area contributed by atoms with E-state index < -0.39 is 0 Å². The Morgan fingerprint density at radius 2 is 2.35 bits per heavy atom. The number of rotatable bonds is 6. The first-order valence-electron chi connectivity index (χ1n) is 6.42. The molecule has 0 amide bonds. The summed E-state index contributed by atoms with van der Waals surface area (Å²) in [6.45, 7) is 4.36. The predicted octanol–water partition coefficient (Wildman–Crippen LogP) is 2.72. The maximum Gasteiger partial charge on any atom is 0.140 e. The second-order valence-corrected chi connectivity index (χ2v) is 4.72. The molecule has 0 unspecified atom stereocenters. The summed E-state index contributed by atoms with van der Waals surface area (Å²) in [5, 5.41) is 8.83. The molecular weight excluding hydrogens is 210 g/mol. The van der Waals surface area contributed by atoms with Gasteiger partial charge in [0.25, 0.3) is 0 Å². The topological polar surface area (TPSA) is 39.9 Å². The highest BCUT2D eigenvalue weighted by Crippen LogP contribution is 2.28. The number of aromatic nitrogens is 1. The Labute approximate surface area is 103 Å². The van der Waals surface area contributed by atoms with Crippen molar-refractivity contribution in [3.63, 3.8) is 0 Å². The molecule has 0 N–H and O–H groups in total. The van der Waals surface area contributed by atoms with E-state index >= 15 is 0 Å². The maximum absolute atomic E-state index is 8.83. The molecule has 0 aliphatic heterocycles. The zero-order valence-corrected chi connectivity index (χ0v) is 10.4. The lowest BCUT2D eigenvalue weighted by Gasteiger charge is -2.21. The van der Waals surface area contributed by atoms with Gasteiger partial charge in [0, 0.05) is 18.8 Å². The Hall–Kier alpha value is -1.40. The Bertz CT molecular complexity index is 404. The fourth-order valence-electron chi connectivity index (χ4n) is 2.06. The van der Waals surface area contributed by atoms with Crippen molar-refractivity contribution in [3.05, 3.63) is 29.6 Å². The van der Waals surface area contributed by atoms with Crippen LogP contribution >= 0.6 is 0 Å². The normalized spacial score (nSPS) is 14.9. The van der Waals surface area contributed by atoms with E-state index in [1.54, 1.807) is 6.20 Å². The van der Waals surface area contributed by atoms with Gasteiger partial charge in [-0.25, -0.2) is 4.98 Å². The van der Waals surface area contributed by atoms with Crippen molar-refractivity contribution in [1.29, 1.82) is 5.26 Å². The molecule has 0 bridgehead atoms. The van der Waals surface area contributed by atoms with Crippen LogP contribution in [0.15, 0.2) is 18.3 Å². The second kappa shape index (κ2) is 5.79. The van der Waals surface area contributed by atoms with Gasteiger partial charge in [0.2, 0.25) is 0 Å². The van der Waals surface area contributed by atoms with E-state index in [1.807, 2.05) is 12.1 Å². The maximum atomic E-state index is 8.83. The van der Waals surface area contributed by atoms with Crippen molar-refractivity contribution in [3.8, 4) is 6.07 Å². The zero-order chi connectivity index (χ0) is 12.1. The quantitative estimate of drug-likeness (QED) is 0.753. The third kappa shape index (κ3) is 3.54. The Kier molecular flexibility index (Phi) is 4.11. The van der Waals surface area contributed by atoms with Crippen LogP contribution in [-0.2, 0) is 6.54 Å². The van der Waals surface area contributed by atoms with Gasteiger partial charge in [-0.2, -0.15) is 5.26 Å². The van der Waals surface area contributed by atoms with Crippen molar-refractivity contribution in [2.24, 2.45) is 0 Å². The third-order valence-corrected chi connectivity index (χ3v) is 3.19. The number of nitriles is 1. The minimum Gasteiger partial charge on any atom is -0.296 e. The van der Waals surface area contributed by atoms with Crippen LogP contribution in [-0.4, -0.2) is 22.5 Å². The largest absolute Gasteiger partial charge is 0.296 e. The summed E-state index contributed by atoms with van der Waals surface area (Å²) in [6.07, 6.45) is 6.90. The lowest BCUT2D eigenvalue weighted by atomic mass is 10.2. The fourth-order valence-corrected chi connectivity index (χ4v) is 2.06. The fraction of sp³-hybridized carbons (Fsp3) is 0.571. The van der Waals surface area contributed by atoms with Crippen LogP contribution in [0.5, 0.6) is 0 Å². The molecule has 0 atom stereocenters. The Morgan fingerprint density at radius 3 is 3.00 bits per heavy atom. The Morgan fingerprint density at radius 1 is 1.53 bits per heavy atom. The van der Waals surface area contributed by atoms with Crippen molar-refractivity contribution in [2.75, 3.05) is 6.54 Å². The van der Waals surface area contributed by atoms with E-state index in [0.717, 1.165) is 12.6 Å². The lowest BCUT2D eigenvalue weighted by Crippen LogP contribution is -2.26. The Balaban J connectivity index is 1.98. The predicted molar refractivity (Wildman–Crippen MR) is 67.3 cm³/mol. The highest BCUT2D eigenvalue weighted by atomic mass is 15.2. The van der Waals surface area contributed by atoms with Crippen molar-refractivity contribution >= 4 is 0 Å². The smallest absolute Gasteiger partial charge is 0.140 e. The minimum atomic E-state index is 0.522. The van der Waals surface area contributed by atoms with Gasteiger partial charge >= 0.3 is 0 Å². The summed E-state index contributed by atoms with van der Waals surface area (Å²) in [5.41, 5.74) is 1.73. The molecule has 2 rings (SSSR count). The van der Waals surface area contributed by atoms with Crippen LogP contribution < -0.4 is 0 Å². The number of nitrogens with zero attached hydrogens (tertiary/aromatic N) is 3. The van der Waals surface area contributed by atoms with Crippen molar-refractivity contribution < 1.29 is 0 Å². The number of unbranched alkanes of at least 4 members (excludes halogenated alkanes) is 1. The van der Waals surface area contributed by atoms with Crippen LogP contribution in [0.4, 0.5) is 0 Å². The summed E-state index contributed by atoms with van der Waals surface area (Å²) < 4.78 is 0. The SMILES string of the molecule is CCCCN(Cc1ccnc(C#N)c1)C1CC1. The summed E-state index contributed by atoms with van der Waals surface area (Å²) in [6, 6.07) is 6.80. The summed E-state index contributed by atoms with van der Waals surface area (Å²) in [5.74, 6) is 0. The molecule has 0 saturated heterocycles. The number of hydrogen-bond donors (Lipinski definition) is 0. The van der Waals surface area contributed by atoms with E-state index in [-0.39, 0.29) is 0 Å². The molecule has 3 heteroatoms. The molecule has 1 aliphatic carbocycles. The molecule has 17 heavy (non-hydrogen) atoms. The van der Waals surface area contributed by atoms with Crippen molar-refractivity contribution in [2.45, 2.75) is 45.2 Å². The van der Waals surface area contributed by atoms with Gasteiger partial charge in [0.15, 0.2) is 0 Å². The molecule has 1 aromatic rings. The van der Waals surface area contributed by atoms with E-state index in [4.69, 9.17) is 5.26 Å². The molecule has 90 valence electrons. The van der Waals surface area contributed by atoms with E-state index in [0.29, 0.717) is 5.69 Å². The first-order valence-corrected chi connectivity index (χ1v) is 6.42. The van der Waals surface area contributed by atoms with Gasteiger partial charge < -0.3 is 0 Å². The molecule has 1 aliphatic rings. The zero-order valence-electron chi connectivity index (χ0n) is 10.4. The first kappa shape index (κ1) is 12.1. The molecule has 1 saturated carbocycles. The molecular formula is C14H19N3. The van der Waals surface area contributed by atoms with Gasteiger partial charge in [-0.05, 0) is 43.5 Å². The van der Waals surface area contributed by atoms with E-state index in [9.17, 15) is 0 Å². The summed E-state index contributed by atoms with van der Waals surface area (Å²) >= 11 is 0. The van der Waals surface area contributed by atoms with Gasteiger partial charge in [-0.15, -0.1) is 0 Å². The second-order valence-electron chi connectivity index (χ2n) is 4.72. The standard InChI is InChI=1S/C14H19N3/c1-2-3-8-17(14-4-5-14)11-12-6-7-16-13(9-12)10-15/h6-7,9,14H,2-5,8,11H2,1H3. The first-order chi connectivity index (χ1) is 8.33. The molecule has 3 nitrogen and oxygen atoms in total. The monoisotopic (exact) mass is 229 g/mol. The van der Waals surface area contributed by atoms with Gasteiger partial charge in [0.05, 0.1) is 0 Å².